The average molecular weight is 395 g/mol. The molecule has 7 nitrogen and oxygen atoms in total. The summed E-state index contributed by atoms with van der Waals surface area (Å²) in [4.78, 5) is 6.98. The summed E-state index contributed by atoms with van der Waals surface area (Å²) < 4.78 is 27.5. The first-order valence-corrected chi connectivity index (χ1v) is 10.8. The lowest BCUT2D eigenvalue weighted by molar-refractivity contribution is 0.450. The van der Waals surface area contributed by atoms with E-state index in [1.807, 2.05) is 18.5 Å². The lowest BCUT2D eigenvalue weighted by atomic mass is 10.0. The molecule has 0 saturated carbocycles. The largest absolute Gasteiger partial charge is 0.357 e. The maximum atomic E-state index is 13.1. The third kappa shape index (κ3) is 2.68. The Morgan fingerprint density at radius 2 is 1.86 bits per heavy atom. The van der Waals surface area contributed by atoms with Gasteiger partial charge in [-0.1, -0.05) is 18.2 Å². The fraction of sp³-hybridized carbons (Fsp3) is 0.250. The van der Waals surface area contributed by atoms with Crippen molar-refractivity contribution in [1.29, 1.82) is 0 Å². The quantitative estimate of drug-likeness (QED) is 0.710. The molecule has 5 rings (SSSR count). The van der Waals surface area contributed by atoms with Crippen LogP contribution >= 0.6 is 0 Å². The molecule has 1 fully saturated rings. The van der Waals surface area contributed by atoms with Gasteiger partial charge in [0.1, 0.15) is 0 Å². The standard InChI is InChI=1S/C20H21N5O2S/c26-28(27,16-4-2-1-3-5-16)25-12-8-17-19-18(14-23-20(17)25)22-11-13-24(19)15-6-9-21-10-7-15/h1-5,8,11-15,21-22H,6-7,9-10H2. The molecule has 0 aliphatic carbocycles. The van der Waals surface area contributed by atoms with Crippen molar-refractivity contribution in [3.63, 3.8) is 0 Å². The summed E-state index contributed by atoms with van der Waals surface area (Å²) in [7, 11) is -3.70. The number of anilines is 2. The molecule has 0 amide bonds. The van der Waals surface area contributed by atoms with E-state index in [4.69, 9.17) is 0 Å². The van der Waals surface area contributed by atoms with E-state index in [-0.39, 0.29) is 4.90 Å². The second-order valence-electron chi connectivity index (χ2n) is 7.04. The zero-order chi connectivity index (χ0) is 19.1. The van der Waals surface area contributed by atoms with Crippen LogP contribution in [0.15, 0.2) is 66.1 Å². The Kier molecular flexibility index (Phi) is 4.10. The predicted molar refractivity (Wildman–Crippen MR) is 110 cm³/mol. The maximum absolute atomic E-state index is 13.1. The molecule has 0 atom stereocenters. The van der Waals surface area contributed by atoms with Crippen LogP contribution in [0.3, 0.4) is 0 Å². The Bertz CT molecular complexity index is 1150. The van der Waals surface area contributed by atoms with Crippen LogP contribution in [-0.2, 0) is 10.0 Å². The number of piperidine rings is 1. The molecule has 2 aliphatic heterocycles. The minimum Gasteiger partial charge on any atom is -0.357 e. The second kappa shape index (κ2) is 6.65. The molecule has 1 saturated heterocycles. The highest BCUT2D eigenvalue weighted by Gasteiger charge is 2.28. The smallest absolute Gasteiger partial charge is 0.269 e. The fourth-order valence-corrected chi connectivity index (χ4v) is 5.33. The summed E-state index contributed by atoms with van der Waals surface area (Å²) >= 11 is 0. The van der Waals surface area contributed by atoms with Crippen LogP contribution in [0.4, 0.5) is 11.4 Å². The van der Waals surface area contributed by atoms with E-state index in [0.29, 0.717) is 11.7 Å². The number of hydrogen-bond donors (Lipinski definition) is 2. The van der Waals surface area contributed by atoms with Crippen LogP contribution in [0.1, 0.15) is 12.8 Å². The van der Waals surface area contributed by atoms with Gasteiger partial charge in [0, 0.05) is 30.0 Å². The molecule has 2 N–H and O–H groups in total. The molecule has 28 heavy (non-hydrogen) atoms. The summed E-state index contributed by atoms with van der Waals surface area (Å²) in [5, 5.41) is 7.47. The minimum absolute atomic E-state index is 0.250. The highest BCUT2D eigenvalue weighted by Crippen LogP contribution is 2.39. The highest BCUT2D eigenvalue weighted by atomic mass is 32.2. The number of rotatable bonds is 3. The number of nitrogens with one attached hydrogen (secondary N) is 2. The molecule has 0 unspecified atom stereocenters. The van der Waals surface area contributed by atoms with E-state index < -0.39 is 10.0 Å². The van der Waals surface area contributed by atoms with Crippen LogP contribution < -0.4 is 15.5 Å². The molecule has 0 spiro atoms. The molecule has 1 aromatic carbocycles. The Morgan fingerprint density at radius 3 is 2.64 bits per heavy atom. The number of fused-ring (bicyclic) bond motifs is 3. The first-order chi connectivity index (χ1) is 13.7. The SMILES string of the molecule is O=S(=O)(c1ccccc1)n1ccc2c3c(cnc21)NC=CN3C1CCNCC1. The van der Waals surface area contributed by atoms with E-state index >= 15 is 0 Å². The van der Waals surface area contributed by atoms with Gasteiger partial charge in [-0.05, 0) is 44.1 Å². The molecule has 4 heterocycles. The van der Waals surface area contributed by atoms with Gasteiger partial charge in [-0.3, -0.25) is 0 Å². The van der Waals surface area contributed by atoms with Crippen LogP contribution in [0.2, 0.25) is 0 Å². The predicted octanol–water partition coefficient (Wildman–Crippen LogP) is 2.73. The van der Waals surface area contributed by atoms with Crippen molar-refractivity contribution in [1.82, 2.24) is 14.3 Å². The van der Waals surface area contributed by atoms with Gasteiger partial charge in [0.05, 0.1) is 22.5 Å². The zero-order valence-corrected chi connectivity index (χ0v) is 16.1. The van der Waals surface area contributed by atoms with Crippen molar-refractivity contribution < 1.29 is 8.42 Å². The van der Waals surface area contributed by atoms with Gasteiger partial charge >= 0.3 is 0 Å². The van der Waals surface area contributed by atoms with Crippen molar-refractivity contribution in [2.24, 2.45) is 0 Å². The Labute approximate surface area is 163 Å². The minimum atomic E-state index is -3.70. The summed E-state index contributed by atoms with van der Waals surface area (Å²) in [6, 6.07) is 10.7. The highest BCUT2D eigenvalue weighted by molar-refractivity contribution is 7.90. The lowest BCUT2D eigenvalue weighted by Crippen LogP contribution is -2.41. The Hall–Kier alpha value is -2.84. The summed E-state index contributed by atoms with van der Waals surface area (Å²) in [6.45, 7) is 1.96. The van der Waals surface area contributed by atoms with E-state index in [1.165, 1.54) is 3.97 Å². The molecular formula is C20H21N5O2S. The van der Waals surface area contributed by atoms with Gasteiger partial charge in [0.2, 0.25) is 0 Å². The van der Waals surface area contributed by atoms with Crippen molar-refractivity contribution in [3.05, 3.63) is 61.2 Å². The van der Waals surface area contributed by atoms with Crippen LogP contribution in [0.25, 0.3) is 11.0 Å². The van der Waals surface area contributed by atoms with Crippen LogP contribution in [0, 0.1) is 0 Å². The molecule has 2 aromatic heterocycles. The number of aromatic nitrogens is 2. The van der Waals surface area contributed by atoms with Crippen molar-refractivity contribution >= 4 is 32.4 Å². The van der Waals surface area contributed by atoms with Crippen molar-refractivity contribution in [3.8, 4) is 0 Å². The second-order valence-corrected chi connectivity index (χ2v) is 8.85. The van der Waals surface area contributed by atoms with E-state index in [9.17, 15) is 8.42 Å². The van der Waals surface area contributed by atoms with Gasteiger partial charge in [-0.2, -0.15) is 0 Å². The van der Waals surface area contributed by atoms with Crippen molar-refractivity contribution in [2.45, 2.75) is 23.8 Å². The van der Waals surface area contributed by atoms with Gasteiger partial charge in [0.25, 0.3) is 10.0 Å². The molecule has 3 aromatic rings. The Balaban J connectivity index is 1.65. The van der Waals surface area contributed by atoms with Crippen LogP contribution in [-0.4, -0.2) is 36.5 Å². The Morgan fingerprint density at radius 1 is 1.07 bits per heavy atom. The number of nitrogens with zero attached hydrogens (tertiary/aromatic N) is 3. The van der Waals surface area contributed by atoms with Gasteiger partial charge in [-0.25, -0.2) is 17.4 Å². The first-order valence-electron chi connectivity index (χ1n) is 9.39. The summed E-state index contributed by atoms with van der Waals surface area (Å²) in [5.41, 5.74) is 2.32. The molecule has 2 aliphatic rings. The van der Waals surface area contributed by atoms with Crippen molar-refractivity contribution in [2.75, 3.05) is 23.3 Å². The maximum Gasteiger partial charge on any atom is 0.269 e. The third-order valence-electron chi connectivity index (χ3n) is 5.39. The van der Waals surface area contributed by atoms with Gasteiger partial charge < -0.3 is 15.5 Å². The fourth-order valence-electron chi connectivity index (χ4n) is 4.00. The summed E-state index contributed by atoms with van der Waals surface area (Å²) in [6.07, 6.45) is 9.34. The normalized spacial score (nSPS) is 17.5. The third-order valence-corrected chi connectivity index (χ3v) is 7.07. The monoisotopic (exact) mass is 395 g/mol. The van der Waals surface area contributed by atoms with Crippen LogP contribution in [0.5, 0.6) is 0 Å². The first kappa shape index (κ1) is 17.3. The average Bonchev–Trinajstić information content (AvgIpc) is 3.20. The number of benzene rings is 1. The van der Waals surface area contributed by atoms with E-state index in [0.717, 1.165) is 42.7 Å². The molecule has 144 valence electrons. The van der Waals surface area contributed by atoms with Gasteiger partial charge in [0.15, 0.2) is 5.65 Å². The topological polar surface area (TPSA) is 79.3 Å². The zero-order valence-electron chi connectivity index (χ0n) is 15.2. The molecular weight excluding hydrogens is 374 g/mol. The van der Waals surface area contributed by atoms with Gasteiger partial charge in [-0.15, -0.1) is 0 Å². The van der Waals surface area contributed by atoms with E-state index in [2.05, 4.69) is 20.5 Å². The van der Waals surface area contributed by atoms with E-state index in [1.54, 1.807) is 42.7 Å². The molecule has 0 radical (unpaired) electrons. The lowest BCUT2D eigenvalue weighted by Gasteiger charge is -2.37. The number of hydrogen-bond acceptors (Lipinski definition) is 6. The number of pyridine rings is 1. The molecule has 8 heteroatoms. The summed E-state index contributed by atoms with van der Waals surface area (Å²) in [5.74, 6) is 0. The molecule has 0 bridgehead atoms.